The van der Waals surface area contributed by atoms with E-state index in [0.717, 1.165) is 48.8 Å². The molecular formula is C20H26N4O2. The van der Waals surface area contributed by atoms with E-state index in [-0.39, 0.29) is 17.9 Å². The summed E-state index contributed by atoms with van der Waals surface area (Å²) in [6, 6.07) is 10.0. The fraction of sp³-hybridized carbons (Fsp3) is 0.450. The highest BCUT2D eigenvalue weighted by atomic mass is 16.5. The van der Waals surface area contributed by atoms with Gasteiger partial charge in [0.2, 0.25) is 5.91 Å². The van der Waals surface area contributed by atoms with Crippen molar-refractivity contribution in [2.75, 3.05) is 25.1 Å². The summed E-state index contributed by atoms with van der Waals surface area (Å²) in [5.74, 6) is 2.00. The molecule has 138 valence electrons. The minimum Gasteiger partial charge on any atom is -0.497 e. The zero-order chi connectivity index (χ0) is 18.5. The van der Waals surface area contributed by atoms with E-state index in [1.165, 1.54) is 0 Å². The number of hydrogen-bond donors (Lipinski definition) is 1. The molecule has 0 bridgehead atoms. The summed E-state index contributed by atoms with van der Waals surface area (Å²) in [5, 5.41) is 3.01. The van der Waals surface area contributed by atoms with Crippen LogP contribution < -0.4 is 15.0 Å². The highest BCUT2D eigenvalue weighted by Gasteiger charge is 2.26. The largest absolute Gasteiger partial charge is 0.497 e. The van der Waals surface area contributed by atoms with Crippen LogP contribution >= 0.6 is 0 Å². The second kappa shape index (κ2) is 8.17. The lowest BCUT2D eigenvalue weighted by atomic mass is 9.95. The van der Waals surface area contributed by atoms with Crippen LogP contribution in [0.15, 0.2) is 36.7 Å². The predicted octanol–water partition coefficient (Wildman–Crippen LogP) is 2.89. The number of anilines is 1. The first kappa shape index (κ1) is 18.2. The number of nitrogens with zero attached hydrogens (tertiary/aromatic N) is 3. The van der Waals surface area contributed by atoms with E-state index in [9.17, 15) is 4.79 Å². The number of carbonyl (C=O) groups is 1. The number of methoxy groups -OCH3 is 1. The first-order valence-corrected chi connectivity index (χ1v) is 9.08. The standard InChI is InChI=1S/C20H26N4O2/c1-14(2)23-20(25)16-8-10-24(11-9-16)19-12-18(21-13-22-19)15-4-6-17(26-3)7-5-15/h4-7,12-14,16H,8-11H2,1-3H3,(H,23,25). The molecule has 1 saturated heterocycles. The van der Waals surface area contributed by atoms with Gasteiger partial charge in [-0.1, -0.05) is 0 Å². The SMILES string of the molecule is COc1ccc(-c2cc(N3CCC(C(=O)NC(C)C)CC3)ncn2)cc1. The molecule has 0 unspecified atom stereocenters. The maximum Gasteiger partial charge on any atom is 0.223 e. The van der Waals surface area contributed by atoms with Crippen molar-refractivity contribution in [3.05, 3.63) is 36.7 Å². The Morgan fingerprint density at radius 3 is 2.50 bits per heavy atom. The monoisotopic (exact) mass is 354 g/mol. The van der Waals surface area contributed by atoms with Gasteiger partial charge in [0.1, 0.15) is 17.9 Å². The lowest BCUT2D eigenvalue weighted by Gasteiger charge is -2.32. The third kappa shape index (κ3) is 4.31. The van der Waals surface area contributed by atoms with Crippen LogP contribution in [0.3, 0.4) is 0 Å². The van der Waals surface area contributed by atoms with E-state index in [4.69, 9.17) is 4.74 Å². The van der Waals surface area contributed by atoms with Crippen LogP contribution in [0.25, 0.3) is 11.3 Å². The normalized spacial score (nSPS) is 15.2. The van der Waals surface area contributed by atoms with Crippen molar-refractivity contribution in [1.82, 2.24) is 15.3 Å². The van der Waals surface area contributed by atoms with E-state index in [0.29, 0.717) is 0 Å². The Balaban J connectivity index is 1.66. The van der Waals surface area contributed by atoms with Crippen molar-refractivity contribution in [2.45, 2.75) is 32.7 Å². The molecule has 1 fully saturated rings. The number of ether oxygens (including phenoxy) is 1. The zero-order valence-corrected chi connectivity index (χ0v) is 15.6. The predicted molar refractivity (Wildman–Crippen MR) is 102 cm³/mol. The Hall–Kier alpha value is -2.63. The first-order chi connectivity index (χ1) is 12.6. The average molecular weight is 354 g/mol. The second-order valence-electron chi connectivity index (χ2n) is 6.91. The number of hydrogen-bond acceptors (Lipinski definition) is 5. The number of benzene rings is 1. The van der Waals surface area contributed by atoms with Crippen molar-refractivity contribution >= 4 is 11.7 Å². The van der Waals surface area contributed by atoms with E-state index < -0.39 is 0 Å². The quantitative estimate of drug-likeness (QED) is 0.894. The molecular weight excluding hydrogens is 328 g/mol. The van der Waals surface area contributed by atoms with Crippen LogP contribution in [0.2, 0.25) is 0 Å². The molecule has 0 aliphatic carbocycles. The Morgan fingerprint density at radius 2 is 1.88 bits per heavy atom. The molecule has 6 heteroatoms. The van der Waals surface area contributed by atoms with E-state index in [1.54, 1.807) is 13.4 Å². The van der Waals surface area contributed by atoms with Crippen molar-refractivity contribution in [3.8, 4) is 17.0 Å². The molecule has 1 N–H and O–H groups in total. The number of amides is 1. The van der Waals surface area contributed by atoms with E-state index in [1.807, 2.05) is 44.2 Å². The summed E-state index contributed by atoms with van der Waals surface area (Å²) in [4.78, 5) is 23.2. The lowest BCUT2D eigenvalue weighted by molar-refractivity contribution is -0.126. The highest BCUT2D eigenvalue weighted by molar-refractivity contribution is 5.79. The molecule has 2 heterocycles. The van der Waals surface area contributed by atoms with Gasteiger partial charge in [-0.25, -0.2) is 9.97 Å². The van der Waals surface area contributed by atoms with Gasteiger partial charge in [-0.15, -0.1) is 0 Å². The molecule has 1 amide bonds. The molecule has 26 heavy (non-hydrogen) atoms. The van der Waals surface area contributed by atoms with Crippen LogP contribution in [0, 0.1) is 5.92 Å². The van der Waals surface area contributed by atoms with Crippen LogP contribution in [0.5, 0.6) is 5.75 Å². The molecule has 6 nitrogen and oxygen atoms in total. The van der Waals surface area contributed by atoms with Crippen LogP contribution in [0.1, 0.15) is 26.7 Å². The zero-order valence-electron chi connectivity index (χ0n) is 15.6. The van der Waals surface area contributed by atoms with Crippen molar-refractivity contribution in [2.24, 2.45) is 5.92 Å². The number of nitrogens with one attached hydrogen (secondary N) is 1. The molecule has 3 rings (SSSR count). The number of rotatable bonds is 5. The van der Waals surface area contributed by atoms with Crippen molar-refractivity contribution in [1.29, 1.82) is 0 Å². The van der Waals surface area contributed by atoms with Gasteiger partial charge < -0.3 is 15.0 Å². The van der Waals surface area contributed by atoms with Gasteiger partial charge in [0.05, 0.1) is 12.8 Å². The fourth-order valence-corrected chi connectivity index (χ4v) is 3.21. The number of carbonyl (C=O) groups excluding carboxylic acids is 1. The molecule has 0 radical (unpaired) electrons. The molecule has 1 aromatic heterocycles. The topological polar surface area (TPSA) is 67.3 Å². The second-order valence-corrected chi connectivity index (χ2v) is 6.91. The maximum atomic E-state index is 12.2. The van der Waals surface area contributed by atoms with Gasteiger partial charge >= 0.3 is 0 Å². The Kier molecular flexibility index (Phi) is 5.71. The molecule has 1 aliphatic rings. The third-order valence-electron chi connectivity index (χ3n) is 4.66. The third-order valence-corrected chi connectivity index (χ3v) is 4.66. The fourth-order valence-electron chi connectivity index (χ4n) is 3.21. The average Bonchev–Trinajstić information content (AvgIpc) is 2.68. The summed E-state index contributed by atoms with van der Waals surface area (Å²) < 4.78 is 5.20. The van der Waals surface area contributed by atoms with E-state index in [2.05, 4.69) is 20.2 Å². The summed E-state index contributed by atoms with van der Waals surface area (Å²) in [5.41, 5.74) is 1.91. The van der Waals surface area contributed by atoms with Gasteiger partial charge in [0.25, 0.3) is 0 Å². The Morgan fingerprint density at radius 1 is 1.19 bits per heavy atom. The number of aromatic nitrogens is 2. The molecule has 2 aromatic rings. The van der Waals surface area contributed by atoms with Gasteiger partial charge in [-0.05, 0) is 51.0 Å². The molecule has 0 atom stereocenters. The van der Waals surface area contributed by atoms with Crippen LogP contribution in [-0.2, 0) is 4.79 Å². The molecule has 1 aromatic carbocycles. The highest BCUT2D eigenvalue weighted by Crippen LogP contribution is 2.26. The molecule has 0 saturated carbocycles. The van der Waals surface area contributed by atoms with Crippen molar-refractivity contribution < 1.29 is 9.53 Å². The smallest absolute Gasteiger partial charge is 0.223 e. The molecule has 0 spiro atoms. The maximum absolute atomic E-state index is 12.2. The van der Waals surface area contributed by atoms with Gasteiger partial charge in [0, 0.05) is 36.7 Å². The summed E-state index contributed by atoms with van der Waals surface area (Å²) >= 11 is 0. The summed E-state index contributed by atoms with van der Waals surface area (Å²) in [6.45, 7) is 5.65. The lowest BCUT2D eigenvalue weighted by Crippen LogP contribution is -2.42. The minimum atomic E-state index is 0.0940. The van der Waals surface area contributed by atoms with Gasteiger partial charge in [-0.2, -0.15) is 0 Å². The van der Waals surface area contributed by atoms with Gasteiger partial charge in [0.15, 0.2) is 0 Å². The Bertz CT molecular complexity index is 738. The van der Waals surface area contributed by atoms with Crippen molar-refractivity contribution in [3.63, 3.8) is 0 Å². The van der Waals surface area contributed by atoms with Gasteiger partial charge in [-0.3, -0.25) is 4.79 Å². The van der Waals surface area contributed by atoms with Crippen LogP contribution in [-0.4, -0.2) is 42.1 Å². The minimum absolute atomic E-state index is 0.0940. The number of piperidine rings is 1. The molecule has 1 aliphatic heterocycles. The van der Waals surface area contributed by atoms with E-state index >= 15 is 0 Å². The summed E-state index contributed by atoms with van der Waals surface area (Å²) in [6.07, 6.45) is 3.30. The summed E-state index contributed by atoms with van der Waals surface area (Å²) in [7, 11) is 1.66. The first-order valence-electron chi connectivity index (χ1n) is 9.08. The Labute approximate surface area is 154 Å². The van der Waals surface area contributed by atoms with Crippen LogP contribution in [0.4, 0.5) is 5.82 Å².